The fraction of sp³-hybridized carbons (Fsp3) is 0.120. The van der Waals surface area contributed by atoms with Crippen LogP contribution in [0.25, 0.3) is 6.08 Å². The highest BCUT2D eigenvalue weighted by atomic mass is 16.5. The van der Waals surface area contributed by atoms with E-state index in [9.17, 15) is 14.7 Å². The molecule has 0 saturated heterocycles. The van der Waals surface area contributed by atoms with Gasteiger partial charge >= 0.3 is 5.97 Å². The molecule has 0 aromatic heterocycles. The maximum absolute atomic E-state index is 12.3. The average molecular weight is 417 g/mol. The van der Waals surface area contributed by atoms with Crippen LogP contribution in [0.3, 0.4) is 0 Å². The van der Waals surface area contributed by atoms with Crippen LogP contribution < -0.4 is 14.8 Å². The van der Waals surface area contributed by atoms with Crippen molar-refractivity contribution in [3.8, 4) is 11.5 Å². The van der Waals surface area contributed by atoms with Crippen LogP contribution in [0.15, 0.2) is 84.6 Å². The fourth-order valence-electron chi connectivity index (χ4n) is 2.84. The molecular weight excluding hydrogens is 394 g/mol. The number of hydrogen-bond acceptors (Lipinski definition) is 4. The monoisotopic (exact) mass is 417 g/mol. The van der Waals surface area contributed by atoms with Gasteiger partial charge in [0.2, 0.25) is 0 Å². The lowest BCUT2D eigenvalue weighted by atomic mass is 10.1. The molecule has 0 radical (unpaired) electrons. The molecule has 6 nitrogen and oxygen atoms in total. The Morgan fingerprint density at radius 1 is 0.903 bits per heavy atom. The van der Waals surface area contributed by atoms with E-state index < -0.39 is 11.9 Å². The molecule has 0 fully saturated rings. The van der Waals surface area contributed by atoms with Gasteiger partial charge in [-0.2, -0.15) is 0 Å². The smallest absolute Gasteiger partial charge is 0.352 e. The van der Waals surface area contributed by atoms with E-state index in [0.717, 1.165) is 5.56 Å². The molecule has 0 unspecified atom stereocenters. The number of carboxylic acid groups (broad SMARTS) is 1. The van der Waals surface area contributed by atoms with Crippen LogP contribution in [-0.2, 0) is 11.4 Å². The standard InChI is InChI=1S/C25H23NO5/c1-2-30-23-16-19(13-14-22(23)31-17-18-9-5-3-6-10-18)15-21(25(28)29)26-24(27)20-11-7-4-8-12-20/h3-16H,2,17H2,1H3,(H,26,27)(H,28,29)/b21-15+. The summed E-state index contributed by atoms with van der Waals surface area (Å²) in [6.45, 7) is 2.65. The Bertz CT molecular complexity index is 1060. The van der Waals surface area contributed by atoms with Gasteiger partial charge in [0.1, 0.15) is 12.3 Å². The summed E-state index contributed by atoms with van der Waals surface area (Å²) in [5.41, 5.74) is 1.70. The second kappa shape index (κ2) is 10.6. The normalized spacial score (nSPS) is 10.9. The van der Waals surface area contributed by atoms with E-state index in [1.165, 1.54) is 6.08 Å². The summed E-state index contributed by atoms with van der Waals surface area (Å²) >= 11 is 0. The zero-order chi connectivity index (χ0) is 22.1. The Balaban J connectivity index is 1.80. The van der Waals surface area contributed by atoms with Crippen molar-refractivity contribution in [1.29, 1.82) is 0 Å². The summed E-state index contributed by atoms with van der Waals surface area (Å²) in [6.07, 6.45) is 1.38. The summed E-state index contributed by atoms with van der Waals surface area (Å²) in [4.78, 5) is 24.0. The predicted octanol–water partition coefficient (Wildman–Crippen LogP) is 4.52. The minimum atomic E-state index is -1.24. The van der Waals surface area contributed by atoms with Gasteiger partial charge in [-0.05, 0) is 48.4 Å². The van der Waals surface area contributed by atoms with Gasteiger partial charge in [-0.25, -0.2) is 4.79 Å². The molecule has 6 heteroatoms. The molecule has 0 bridgehead atoms. The molecular formula is C25H23NO5. The molecule has 0 heterocycles. The number of nitrogens with one attached hydrogen (secondary N) is 1. The summed E-state index contributed by atoms with van der Waals surface area (Å²) in [6, 6.07) is 23.3. The van der Waals surface area contributed by atoms with Crippen molar-refractivity contribution >= 4 is 18.0 Å². The first-order valence-corrected chi connectivity index (χ1v) is 9.81. The molecule has 0 spiro atoms. The van der Waals surface area contributed by atoms with Crippen LogP contribution in [0.2, 0.25) is 0 Å². The molecule has 3 aromatic rings. The van der Waals surface area contributed by atoms with Crippen LogP contribution in [0.1, 0.15) is 28.4 Å². The van der Waals surface area contributed by atoms with Crippen molar-refractivity contribution in [2.24, 2.45) is 0 Å². The van der Waals surface area contributed by atoms with Gasteiger partial charge in [0.05, 0.1) is 6.61 Å². The molecule has 0 atom stereocenters. The third-order valence-electron chi connectivity index (χ3n) is 4.33. The van der Waals surface area contributed by atoms with Gasteiger partial charge in [-0.15, -0.1) is 0 Å². The quantitative estimate of drug-likeness (QED) is 0.500. The van der Waals surface area contributed by atoms with Gasteiger partial charge in [0.25, 0.3) is 5.91 Å². The Hall–Kier alpha value is -4.06. The number of carbonyl (C=O) groups is 2. The van der Waals surface area contributed by atoms with Gasteiger partial charge < -0.3 is 19.9 Å². The van der Waals surface area contributed by atoms with E-state index in [-0.39, 0.29) is 5.70 Å². The van der Waals surface area contributed by atoms with Gasteiger partial charge in [0.15, 0.2) is 11.5 Å². The summed E-state index contributed by atoms with van der Waals surface area (Å²) in [5, 5.41) is 12.0. The van der Waals surface area contributed by atoms with Crippen LogP contribution in [0, 0.1) is 0 Å². The molecule has 31 heavy (non-hydrogen) atoms. The molecule has 0 aliphatic rings. The van der Waals surface area contributed by atoms with Crippen LogP contribution in [-0.4, -0.2) is 23.6 Å². The molecule has 0 aliphatic heterocycles. The number of carboxylic acids is 1. The minimum absolute atomic E-state index is 0.241. The number of aliphatic carboxylic acids is 1. The summed E-state index contributed by atoms with van der Waals surface area (Å²) in [7, 11) is 0. The van der Waals surface area contributed by atoms with Crippen LogP contribution in [0.4, 0.5) is 0 Å². The highest BCUT2D eigenvalue weighted by Crippen LogP contribution is 2.30. The SMILES string of the molecule is CCOc1cc(/C=C(/NC(=O)c2ccccc2)C(=O)O)ccc1OCc1ccccc1. The third-order valence-corrected chi connectivity index (χ3v) is 4.33. The van der Waals surface area contributed by atoms with E-state index in [0.29, 0.717) is 35.8 Å². The highest BCUT2D eigenvalue weighted by Gasteiger charge is 2.14. The van der Waals surface area contributed by atoms with Crippen molar-refractivity contribution in [3.63, 3.8) is 0 Å². The molecule has 0 saturated carbocycles. The first kappa shape index (κ1) is 21.6. The zero-order valence-electron chi connectivity index (χ0n) is 17.1. The molecule has 3 aromatic carbocycles. The minimum Gasteiger partial charge on any atom is -0.490 e. The molecule has 3 rings (SSSR count). The average Bonchev–Trinajstić information content (AvgIpc) is 2.79. The van der Waals surface area contributed by atoms with E-state index in [1.807, 2.05) is 37.3 Å². The fourth-order valence-corrected chi connectivity index (χ4v) is 2.84. The lowest BCUT2D eigenvalue weighted by Gasteiger charge is -2.13. The van der Waals surface area contributed by atoms with Crippen molar-refractivity contribution < 1.29 is 24.2 Å². The lowest BCUT2D eigenvalue weighted by molar-refractivity contribution is -0.132. The van der Waals surface area contributed by atoms with Crippen molar-refractivity contribution in [2.75, 3.05) is 6.61 Å². The molecule has 2 N–H and O–H groups in total. The Kier molecular flexibility index (Phi) is 7.43. The summed E-state index contributed by atoms with van der Waals surface area (Å²) in [5.74, 6) is -0.701. The second-order valence-corrected chi connectivity index (χ2v) is 6.60. The van der Waals surface area contributed by atoms with Crippen molar-refractivity contribution in [2.45, 2.75) is 13.5 Å². The number of amides is 1. The largest absolute Gasteiger partial charge is 0.490 e. The topological polar surface area (TPSA) is 84.9 Å². The van der Waals surface area contributed by atoms with E-state index in [4.69, 9.17) is 9.47 Å². The van der Waals surface area contributed by atoms with Gasteiger partial charge in [-0.3, -0.25) is 4.79 Å². The van der Waals surface area contributed by atoms with E-state index in [2.05, 4.69) is 5.32 Å². The number of ether oxygens (including phenoxy) is 2. The maximum Gasteiger partial charge on any atom is 0.352 e. The van der Waals surface area contributed by atoms with Crippen molar-refractivity contribution in [3.05, 3.63) is 101 Å². The summed E-state index contributed by atoms with van der Waals surface area (Å²) < 4.78 is 11.5. The van der Waals surface area contributed by atoms with Crippen LogP contribution in [0.5, 0.6) is 11.5 Å². The van der Waals surface area contributed by atoms with Gasteiger partial charge in [0, 0.05) is 5.56 Å². The van der Waals surface area contributed by atoms with Crippen LogP contribution >= 0.6 is 0 Å². The predicted molar refractivity (Wildman–Crippen MR) is 118 cm³/mol. The van der Waals surface area contributed by atoms with Gasteiger partial charge in [-0.1, -0.05) is 54.6 Å². The molecule has 158 valence electrons. The lowest BCUT2D eigenvalue weighted by Crippen LogP contribution is -2.27. The van der Waals surface area contributed by atoms with Crippen molar-refractivity contribution in [1.82, 2.24) is 5.32 Å². The first-order valence-electron chi connectivity index (χ1n) is 9.81. The maximum atomic E-state index is 12.3. The number of rotatable bonds is 9. The first-order chi connectivity index (χ1) is 15.1. The third kappa shape index (κ3) is 6.21. The van der Waals surface area contributed by atoms with E-state index >= 15 is 0 Å². The van der Waals surface area contributed by atoms with E-state index in [1.54, 1.807) is 48.5 Å². The Labute approximate surface area is 180 Å². The second-order valence-electron chi connectivity index (χ2n) is 6.60. The Morgan fingerprint density at radius 2 is 1.58 bits per heavy atom. The number of carbonyl (C=O) groups excluding carboxylic acids is 1. The number of hydrogen-bond donors (Lipinski definition) is 2. The Morgan fingerprint density at radius 3 is 2.23 bits per heavy atom. The molecule has 1 amide bonds. The molecule has 0 aliphatic carbocycles. The number of benzene rings is 3. The zero-order valence-corrected chi connectivity index (χ0v) is 17.1. The highest BCUT2D eigenvalue weighted by molar-refractivity contribution is 6.02.